The van der Waals surface area contributed by atoms with E-state index in [0.717, 1.165) is 6.54 Å². The fourth-order valence-corrected chi connectivity index (χ4v) is 6.09. The van der Waals surface area contributed by atoms with Crippen LogP contribution >= 0.6 is 35.3 Å². The van der Waals surface area contributed by atoms with Crippen LogP contribution in [0.3, 0.4) is 0 Å². The van der Waals surface area contributed by atoms with Gasteiger partial charge in [0, 0.05) is 19.6 Å². The van der Waals surface area contributed by atoms with E-state index in [0.29, 0.717) is 28.0 Å². The summed E-state index contributed by atoms with van der Waals surface area (Å²) in [5, 5.41) is 18.2. The summed E-state index contributed by atoms with van der Waals surface area (Å²) in [6, 6.07) is 3.27. The van der Waals surface area contributed by atoms with Crippen LogP contribution in [-0.2, 0) is 9.84 Å². The molecule has 9 heteroatoms. The van der Waals surface area contributed by atoms with Crippen LogP contribution in [0, 0.1) is 11.3 Å². The normalized spacial score (nSPS) is 17.5. The Balaban J connectivity index is 0.00000392. The number of rotatable bonds is 10. The van der Waals surface area contributed by atoms with Crippen molar-refractivity contribution in [2.45, 2.75) is 56.8 Å². The van der Waals surface area contributed by atoms with E-state index in [1.807, 2.05) is 6.92 Å². The molecule has 0 spiro atoms. The summed E-state index contributed by atoms with van der Waals surface area (Å²) in [5.41, 5.74) is 0.303. The molecule has 1 fully saturated rings. The van der Waals surface area contributed by atoms with E-state index in [-0.39, 0.29) is 36.3 Å². The minimum Gasteiger partial charge on any atom is -0.390 e. The van der Waals surface area contributed by atoms with E-state index in [1.165, 1.54) is 37.0 Å². The van der Waals surface area contributed by atoms with Crippen molar-refractivity contribution >= 4 is 51.1 Å². The molecule has 162 valence electrons. The van der Waals surface area contributed by atoms with Crippen molar-refractivity contribution in [3.05, 3.63) is 17.5 Å². The van der Waals surface area contributed by atoms with Gasteiger partial charge in [0.15, 0.2) is 15.8 Å². The van der Waals surface area contributed by atoms with E-state index in [2.05, 4.69) is 24.5 Å². The van der Waals surface area contributed by atoms with Crippen LogP contribution in [0.4, 0.5) is 0 Å². The SMILES string of the molecule is CCNC(=NCC1(CC(C)C)CCC1)NCC(O)CS(=O)(=O)c1cccs1.I. The van der Waals surface area contributed by atoms with Crippen molar-refractivity contribution in [3.63, 3.8) is 0 Å². The summed E-state index contributed by atoms with van der Waals surface area (Å²) in [5.74, 6) is 0.998. The third-order valence-electron chi connectivity index (χ3n) is 4.89. The van der Waals surface area contributed by atoms with Crippen molar-refractivity contribution in [2.24, 2.45) is 16.3 Å². The Hall–Kier alpha value is -0.390. The molecule has 1 atom stereocenters. The number of hydrogen-bond donors (Lipinski definition) is 3. The van der Waals surface area contributed by atoms with Crippen molar-refractivity contribution < 1.29 is 13.5 Å². The smallest absolute Gasteiger partial charge is 0.191 e. The van der Waals surface area contributed by atoms with Gasteiger partial charge >= 0.3 is 0 Å². The van der Waals surface area contributed by atoms with Crippen molar-refractivity contribution in [2.75, 3.05) is 25.4 Å². The van der Waals surface area contributed by atoms with Gasteiger partial charge < -0.3 is 15.7 Å². The molecule has 0 bridgehead atoms. The summed E-state index contributed by atoms with van der Waals surface area (Å²) in [7, 11) is -3.45. The van der Waals surface area contributed by atoms with Crippen LogP contribution in [0.5, 0.6) is 0 Å². The van der Waals surface area contributed by atoms with E-state index in [4.69, 9.17) is 4.99 Å². The monoisotopic (exact) mass is 543 g/mol. The number of hydrogen-bond acceptors (Lipinski definition) is 5. The zero-order valence-electron chi connectivity index (χ0n) is 17.0. The molecule has 1 aliphatic rings. The van der Waals surface area contributed by atoms with Gasteiger partial charge in [0.05, 0.1) is 11.9 Å². The maximum absolute atomic E-state index is 12.3. The zero-order chi connectivity index (χ0) is 19.9. The first kappa shape index (κ1) is 25.6. The van der Waals surface area contributed by atoms with Gasteiger partial charge in [-0.15, -0.1) is 35.3 Å². The second kappa shape index (κ2) is 11.7. The summed E-state index contributed by atoms with van der Waals surface area (Å²) in [6.07, 6.45) is 3.89. The highest BCUT2D eigenvalue weighted by atomic mass is 127. The first-order valence-electron chi connectivity index (χ1n) is 9.73. The predicted octanol–water partition coefficient (Wildman–Crippen LogP) is 3.27. The number of halogens is 1. The first-order valence-corrected chi connectivity index (χ1v) is 12.3. The molecule has 28 heavy (non-hydrogen) atoms. The van der Waals surface area contributed by atoms with E-state index in [9.17, 15) is 13.5 Å². The number of thiophene rings is 1. The van der Waals surface area contributed by atoms with Gasteiger partial charge in [0.2, 0.25) is 0 Å². The Labute approximate surface area is 190 Å². The molecule has 0 amide bonds. The Kier molecular flexibility index (Phi) is 10.7. The molecule has 0 saturated heterocycles. The largest absolute Gasteiger partial charge is 0.390 e. The molecular weight excluding hydrogens is 509 g/mol. The van der Waals surface area contributed by atoms with Crippen LogP contribution in [-0.4, -0.2) is 51.0 Å². The molecule has 1 saturated carbocycles. The van der Waals surface area contributed by atoms with Crippen molar-refractivity contribution in [1.29, 1.82) is 0 Å². The van der Waals surface area contributed by atoms with Crippen molar-refractivity contribution in [1.82, 2.24) is 10.6 Å². The summed E-state index contributed by atoms with van der Waals surface area (Å²) < 4.78 is 24.8. The minimum atomic E-state index is -3.45. The van der Waals surface area contributed by atoms with E-state index >= 15 is 0 Å². The summed E-state index contributed by atoms with van der Waals surface area (Å²) in [6.45, 7) is 8.11. The number of guanidine groups is 1. The molecule has 0 radical (unpaired) electrons. The molecule has 1 unspecified atom stereocenters. The first-order chi connectivity index (χ1) is 12.8. The third kappa shape index (κ3) is 7.79. The quantitative estimate of drug-likeness (QED) is 0.240. The van der Waals surface area contributed by atoms with Crippen molar-refractivity contribution in [3.8, 4) is 0 Å². The lowest BCUT2D eigenvalue weighted by molar-refractivity contribution is 0.111. The zero-order valence-corrected chi connectivity index (χ0v) is 20.9. The lowest BCUT2D eigenvalue weighted by Crippen LogP contribution is -2.44. The number of nitrogens with one attached hydrogen (secondary N) is 2. The number of aliphatic hydroxyl groups is 1. The van der Waals surface area contributed by atoms with E-state index < -0.39 is 15.9 Å². The standard InChI is InChI=1S/C19H33N3O3S2.HI/c1-4-20-18(22-14-19(8-6-9-19)11-15(2)3)21-12-16(23)13-27(24,25)17-7-5-10-26-17;/h5,7,10,15-16,23H,4,6,8-9,11-14H2,1-3H3,(H2,20,21,22);1H. The number of sulfone groups is 1. The minimum absolute atomic E-state index is 0. The third-order valence-corrected chi connectivity index (χ3v) is 8.18. The molecule has 2 rings (SSSR count). The Morgan fingerprint density at radius 2 is 2.07 bits per heavy atom. The number of aliphatic hydroxyl groups excluding tert-OH is 1. The molecule has 1 aliphatic carbocycles. The summed E-state index contributed by atoms with van der Waals surface area (Å²) >= 11 is 1.17. The molecule has 0 aromatic carbocycles. The predicted molar refractivity (Wildman–Crippen MR) is 128 cm³/mol. The lowest BCUT2D eigenvalue weighted by atomic mass is 9.64. The van der Waals surface area contributed by atoms with Gasteiger partial charge in [-0.1, -0.05) is 26.3 Å². The average Bonchev–Trinajstić information content (AvgIpc) is 3.09. The van der Waals surface area contributed by atoms with Gasteiger partial charge in [-0.2, -0.15) is 0 Å². The highest BCUT2D eigenvalue weighted by Gasteiger charge is 2.37. The lowest BCUT2D eigenvalue weighted by Gasteiger charge is -2.42. The molecule has 0 aliphatic heterocycles. The topological polar surface area (TPSA) is 90.8 Å². The van der Waals surface area contributed by atoms with E-state index in [1.54, 1.807) is 17.5 Å². The highest BCUT2D eigenvalue weighted by Crippen LogP contribution is 2.46. The van der Waals surface area contributed by atoms with Gasteiger partial charge in [0.1, 0.15) is 4.21 Å². The van der Waals surface area contributed by atoms with Gasteiger partial charge in [0.25, 0.3) is 0 Å². The van der Waals surface area contributed by atoms with Crippen LogP contribution in [0.1, 0.15) is 46.5 Å². The molecular formula is C19H34IN3O3S2. The number of aliphatic imine (C=N–C) groups is 1. The van der Waals surface area contributed by atoms with Crippen LogP contribution in [0.25, 0.3) is 0 Å². The molecule has 1 heterocycles. The van der Waals surface area contributed by atoms with Gasteiger partial charge in [-0.05, 0) is 49.0 Å². The Morgan fingerprint density at radius 1 is 1.36 bits per heavy atom. The second-order valence-electron chi connectivity index (χ2n) is 7.89. The average molecular weight is 544 g/mol. The number of nitrogens with zero attached hydrogens (tertiary/aromatic N) is 1. The Morgan fingerprint density at radius 3 is 2.57 bits per heavy atom. The fourth-order valence-electron chi connectivity index (χ4n) is 3.61. The second-order valence-corrected chi connectivity index (χ2v) is 11.1. The summed E-state index contributed by atoms with van der Waals surface area (Å²) in [4.78, 5) is 4.71. The maximum atomic E-state index is 12.3. The molecule has 1 aromatic heterocycles. The molecule has 6 nitrogen and oxygen atoms in total. The molecule has 3 N–H and O–H groups in total. The Bertz CT molecular complexity index is 702. The van der Waals surface area contributed by atoms with Crippen LogP contribution in [0.15, 0.2) is 26.7 Å². The highest BCUT2D eigenvalue weighted by molar-refractivity contribution is 14.0. The van der Waals surface area contributed by atoms with Crippen LogP contribution in [0.2, 0.25) is 0 Å². The maximum Gasteiger partial charge on any atom is 0.191 e. The van der Waals surface area contributed by atoms with Gasteiger partial charge in [-0.25, -0.2) is 8.42 Å². The van der Waals surface area contributed by atoms with Crippen LogP contribution < -0.4 is 10.6 Å². The molecule has 1 aromatic rings. The van der Waals surface area contributed by atoms with Gasteiger partial charge in [-0.3, -0.25) is 4.99 Å². The fraction of sp³-hybridized carbons (Fsp3) is 0.737.